The van der Waals surface area contributed by atoms with Crippen LogP contribution in [-0.4, -0.2) is 18.5 Å². The molecule has 0 bridgehead atoms. The minimum Gasteiger partial charge on any atom is -0.351 e. The predicted octanol–water partition coefficient (Wildman–Crippen LogP) is 1.63. The number of carbonyl (C=O) groups excluding carboxylic acids is 1. The third kappa shape index (κ3) is 2.18. The zero-order chi connectivity index (χ0) is 11.7. The van der Waals surface area contributed by atoms with Crippen LogP contribution in [0.3, 0.4) is 0 Å². The van der Waals surface area contributed by atoms with Gasteiger partial charge in [-0.2, -0.15) is 0 Å². The molecule has 16 heavy (non-hydrogen) atoms. The van der Waals surface area contributed by atoms with Crippen LogP contribution in [0, 0.1) is 5.82 Å². The Morgan fingerprint density at radius 2 is 2.25 bits per heavy atom. The summed E-state index contributed by atoms with van der Waals surface area (Å²) in [5, 5.41) is 5.93. The molecule has 0 aromatic heterocycles. The topological polar surface area (TPSA) is 41.1 Å². The zero-order valence-electron chi connectivity index (χ0n) is 8.76. The predicted molar refractivity (Wildman–Crippen MR) is 59.8 cm³/mol. The first-order valence-electron chi connectivity index (χ1n) is 5.06. The standard InChI is InChI=1S/C11H12ClFN2O/c1-6-5-14-10(11(16)15-6)7-2-3-8(12)9(13)4-7/h2-4,6,10,14H,5H2,1H3,(H,15,16). The van der Waals surface area contributed by atoms with Crippen molar-refractivity contribution >= 4 is 17.5 Å². The third-order valence-electron chi connectivity index (χ3n) is 2.56. The second-order valence-electron chi connectivity index (χ2n) is 3.92. The van der Waals surface area contributed by atoms with Crippen molar-refractivity contribution in [3.05, 3.63) is 34.6 Å². The van der Waals surface area contributed by atoms with Crippen LogP contribution < -0.4 is 10.6 Å². The van der Waals surface area contributed by atoms with Crippen LogP contribution in [0.2, 0.25) is 5.02 Å². The van der Waals surface area contributed by atoms with E-state index in [1.807, 2.05) is 6.92 Å². The van der Waals surface area contributed by atoms with E-state index in [-0.39, 0.29) is 17.0 Å². The van der Waals surface area contributed by atoms with Crippen molar-refractivity contribution in [2.24, 2.45) is 0 Å². The van der Waals surface area contributed by atoms with Gasteiger partial charge in [0.05, 0.1) is 5.02 Å². The molecule has 1 aromatic rings. The van der Waals surface area contributed by atoms with E-state index in [1.165, 1.54) is 12.1 Å². The lowest BCUT2D eigenvalue weighted by Gasteiger charge is -2.28. The quantitative estimate of drug-likeness (QED) is 0.786. The second kappa shape index (κ2) is 4.39. The molecule has 1 amide bonds. The fourth-order valence-electron chi connectivity index (χ4n) is 1.73. The Kier molecular flexibility index (Phi) is 3.12. The SMILES string of the molecule is CC1CNC(c2ccc(Cl)c(F)c2)C(=O)N1. The van der Waals surface area contributed by atoms with Gasteiger partial charge >= 0.3 is 0 Å². The largest absolute Gasteiger partial charge is 0.351 e. The molecule has 1 fully saturated rings. The minimum atomic E-state index is -0.507. The van der Waals surface area contributed by atoms with Crippen molar-refractivity contribution in [3.8, 4) is 0 Å². The molecule has 2 atom stereocenters. The van der Waals surface area contributed by atoms with Crippen molar-refractivity contribution in [3.63, 3.8) is 0 Å². The number of amides is 1. The number of rotatable bonds is 1. The van der Waals surface area contributed by atoms with Gasteiger partial charge in [-0.05, 0) is 24.6 Å². The first-order chi connectivity index (χ1) is 7.58. The number of benzene rings is 1. The molecule has 1 aliphatic heterocycles. The summed E-state index contributed by atoms with van der Waals surface area (Å²) >= 11 is 5.58. The molecule has 5 heteroatoms. The number of hydrogen-bond donors (Lipinski definition) is 2. The fourth-order valence-corrected chi connectivity index (χ4v) is 1.84. The summed E-state index contributed by atoms with van der Waals surface area (Å²) < 4.78 is 13.2. The normalized spacial score (nSPS) is 25.3. The third-order valence-corrected chi connectivity index (χ3v) is 2.86. The highest BCUT2D eigenvalue weighted by molar-refractivity contribution is 6.30. The summed E-state index contributed by atoms with van der Waals surface area (Å²) in [6, 6.07) is 4.00. The van der Waals surface area contributed by atoms with Gasteiger partial charge in [-0.25, -0.2) is 4.39 Å². The molecule has 3 nitrogen and oxygen atoms in total. The van der Waals surface area contributed by atoms with Crippen molar-refractivity contribution in [1.29, 1.82) is 0 Å². The number of carbonyl (C=O) groups is 1. The Balaban J connectivity index is 2.24. The Morgan fingerprint density at radius 3 is 2.88 bits per heavy atom. The summed E-state index contributed by atoms with van der Waals surface area (Å²) in [6.07, 6.45) is 0. The summed E-state index contributed by atoms with van der Waals surface area (Å²) in [5.74, 6) is -0.645. The lowest BCUT2D eigenvalue weighted by Crippen LogP contribution is -2.52. The molecule has 0 saturated carbocycles. The van der Waals surface area contributed by atoms with Crippen molar-refractivity contribution in [2.45, 2.75) is 19.0 Å². The highest BCUT2D eigenvalue weighted by atomic mass is 35.5. The van der Waals surface area contributed by atoms with E-state index in [1.54, 1.807) is 6.07 Å². The zero-order valence-corrected chi connectivity index (χ0v) is 9.51. The van der Waals surface area contributed by atoms with Gasteiger partial charge in [-0.15, -0.1) is 0 Å². The molecule has 0 spiro atoms. The van der Waals surface area contributed by atoms with E-state index in [0.717, 1.165) is 0 Å². The maximum absolute atomic E-state index is 13.2. The Bertz CT molecular complexity index is 424. The Hall–Kier alpha value is -1.13. The highest BCUT2D eigenvalue weighted by Crippen LogP contribution is 2.21. The van der Waals surface area contributed by atoms with E-state index < -0.39 is 11.9 Å². The maximum atomic E-state index is 13.2. The maximum Gasteiger partial charge on any atom is 0.241 e. The lowest BCUT2D eigenvalue weighted by atomic mass is 10.0. The monoisotopic (exact) mass is 242 g/mol. The van der Waals surface area contributed by atoms with Crippen molar-refractivity contribution < 1.29 is 9.18 Å². The van der Waals surface area contributed by atoms with Gasteiger partial charge in [0.1, 0.15) is 11.9 Å². The van der Waals surface area contributed by atoms with Gasteiger partial charge in [0.25, 0.3) is 0 Å². The van der Waals surface area contributed by atoms with Gasteiger partial charge < -0.3 is 10.6 Å². The van der Waals surface area contributed by atoms with E-state index in [9.17, 15) is 9.18 Å². The number of halogens is 2. The molecule has 1 aromatic carbocycles. The van der Waals surface area contributed by atoms with Crippen LogP contribution in [0.25, 0.3) is 0 Å². The smallest absolute Gasteiger partial charge is 0.241 e. The van der Waals surface area contributed by atoms with Crippen molar-refractivity contribution in [1.82, 2.24) is 10.6 Å². The first kappa shape index (κ1) is 11.4. The fraction of sp³-hybridized carbons (Fsp3) is 0.364. The van der Waals surface area contributed by atoms with Crippen molar-refractivity contribution in [2.75, 3.05) is 6.54 Å². The molecular formula is C11H12ClFN2O. The van der Waals surface area contributed by atoms with Crippen LogP contribution in [0.5, 0.6) is 0 Å². The van der Waals surface area contributed by atoms with Crippen LogP contribution in [-0.2, 0) is 4.79 Å². The molecule has 0 radical (unpaired) electrons. The number of piperazine rings is 1. The second-order valence-corrected chi connectivity index (χ2v) is 4.33. The molecule has 1 saturated heterocycles. The Labute approximate surface area is 98.0 Å². The summed E-state index contributed by atoms with van der Waals surface area (Å²) in [4.78, 5) is 11.7. The summed E-state index contributed by atoms with van der Waals surface area (Å²) in [7, 11) is 0. The number of hydrogen-bond acceptors (Lipinski definition) is 2. The van der Waals surface area contributed by atoms with Gasteiger partial charge in [0, 0.05) is 12.6 Å². The van der Waals surface area contributed by atoms with E-state index in [4.69, 9.17) is 11.6 Å². The van der Waals surface area contributed by atoms with Gasteiger partial charge in [-0.1, -0.05) is 17.7 Å². The average molecular weight is 243 g/mol. The summed E-state index contributed by atoms with van der Waals surface area (Å²) in [5.41, 5.74) is 0.589. The van der Waals surface area contributed by atoms with Crippen LogP contribution in [0.15, 0.2) is 18.2 Å². The van der Waals surface area contributed by atoms with E-state index in [2.05, 4.69) is 10.6 Å². The van der Waals surface area contributed by atoms with Gasteiger partial charge in [0.2, 0.25) is 5.91 Å². The molecular weight excluding hydrogens is 231 g/mol. The van der Waals surface area contributed by atoms with Crippen LogP contribution in [0.4, 0.5) is 4.39 Å². The highest BCUT2D eigenvalue weighted by Gasteiger charge is 2.26. The minimum absolute atomic E-state index is 0.0633. The molecule has 2 unspecified atom stereocenters. The summed E-state index contributed by atoms with van der Waals surface area (Å²) in [6.45, 7) is 2.57. The van der Waals surface area contributed by atoms with Crippen LogP contribution >= 0.6 is 11.6 Å². The van der Waals surface area contributed by atoms with Gasteiger partial charge in [-0.3, -0.25) is 4.79 Å². The Morgan fingerprint density at radius 1 is 1.50 bits per heavy atom. The molecule has 0 aliphatic carbocycles. The first-order valence-corrected chi connectivity index (χ1v) is 5.44. The van der Waals surface area contributed by atoms with E-state index >= 15 is 0 Å². The van der Waals surface area contributed by atoms with E-state index in [0.29, 0.717) is 12.1 Å². The average Bonchev–Trinajstić information content (AvgIpc) is 2.22. The molecule has 2 rings (SSSR count). The molecule has 2 N–H and O–H groups in total. The van der Waals surface area contributed by atoms with Crippen LogP contribution in [0.1, 0.15) is 18.5 Å². The molecule has 86 valence electrons. The lowest BCUT2D eigenvalue weighted by molar-refractivity contribution is -0.125. The molecule has 1 aliphatic rings. The molecule has 1 heterocycles. The van der Waals surface area contributed by atoms with Gasteiger partial charge in [0.15, 0.2) is 0 Å². The number of nitrogens with one attached hydrogen (secondary N) is 2.